The van der Waals surface area contributed by atoms with Gasteiger partial charge in [0.25, 0.3) is 0 Å². The molecule has 2 aliphatic rings. The number of hydrogen-bond acceptors (Lipinski definition) is 4. The SMILES string of the molecule is CC1(OCCN2CCSCC2)CNC1. The number of nitrogens with one attached hydrogen (secondary N) is 1. The van der Waals surface area contributed by atoms with E-state index in [1.54, 1.807) is 0 Å². The molecule has 3 nitrogen and oxygen atoms in total. The van der Waals surface area contributed by atoms with Gasteiger partial charge >= 0.3 is 0 Å². The second-order valence-electron chi connectivity index (χ2n) is 4.36. The van der Waals surface area contributed by atoms with Gasteiger partial charge in [-0.05, 0) is 6.92 Å². The molecule has 0 atom stereocenters. The molecule has 0 aromatic rings. The predicted octanol–water partition coefficient (Wildman–Crippen LogP) is 0.414. The molecule has 82 valence electrons. The number of ether oxygens (including phenoxy) is 1. The second-order valence-corrected chi connectivity index (χ2v) is 5.58. The van der Waals surface area contributed by atoms with E-state index in [1.165, 1.54) is 24.6 Å². The minimum Gasteiger partial charge on any atom is -0.371 e. The highest BCUT2D eigenvalue weighted by Gasteiger charge is 2.32. The van der Waals surface area contributed by atoms with E-state index in [4.69, 9.17) is 4.74 Å². The van der Waals surface area contributed by atoms with Crippen molar-refractivity contribution in [2.45, 2.75) is 12.5 Å². The van der Waals surface area contributed by atoms with Crippen molar-refractivity contribution in [1.29, 1.82) is 0 Å². The molecule has 0 saturated carbocycles. The van der Waals surface area contributed by atoms with Gasteiger partial charge in [0.1, 0.15) is 0 Å². The fourth-order valence-corrected chi connectivity index (χ4v) is 2.80. The van der Waals surface area contributed by atoms with Crippen molar-refractivity contribution in [2.24, 2.45) is 0 Å². The standard InChI is InChI=1S/C10H20N2OS/c1-10(8-11-9-10)13-5-2-12-3-6-14-7-4-12/h11H,2-9H2,1H3. The first kappa shape index (κ1) is 10.7. The monoisotopic (exact) mass is 216 g/mol. The van der Waals surface area contributed by atoms with E-state index in [0.717, 1.165) is 26.2 Å². The Labute approximate surface area is 90.6 Å². The summed E-state index contributed by atoms with van der Waals surface area (Å²) in [5, 5.41) is 3.25. The number of rotatable bonds is 4. The zero-order valence-electron chi connectivity index (χ0n) is 8.92. The summed E-state index contributed by atoms with van der Waals surface area (Å²) in [7, 11) is 0. The lowest BCUT2D eigenvalue weighted by Gasteiger charge is -2.39. The van der Waals surface area contributed by atoms with Crippen LogP contribution < -0.4 is 5.32 Å². The maximum absolute atomic E-state index is 5.86. The van der Waals surface area contributed by atoms with Gasteiger partial charge in [0.05, 0.1) is 12.2 Å². The third-order valence-corrected chi connectivity index (χ3v) is 3.90. The Morgan fingerprint density at radius 3 is 2.64 bits per heavy atom. The molecule has 2 aliphatic heterocycles. The number of nitrogens with zero attached hydrogens (tertiary/aromatic N) is 1. The first-order valence-corrected chi connectivity index (χ1v) is 6.59. The van der Waals surface area contributed by atoms with Gasteiger partial charge in [-0.2, -0.15) is 11.8 Å². The van der Waals surface area contributed by atoms with Gasteiger partial charge in [0.2, 0.25) is 0 Å². The van der Waals surface area contributed by atoms with Gasteiger partial charge in [-0.1, -0.05) is 0 Å². The Hall–Kier alpha value is 0.230. The Bertz CT molecular complexity index is 179. The summed E-state index contributed by atoms with van der Waals surface area (Å²) in [6.45, 7) is 8.70. The van der Waals surface area contributed by atoms with Crippen molar-refractivity contribution >= 4 is 11.8 Å². The third-order valence-electron chi connectivity index (χ3n) is 2.96. The highest BCUT2D eigenvalue weighted by Crippen LogP contribution is 2.15. The molecule has 0 amide bonds. The van der Waals surface area contributed by atoms with Crippen LogP contribution in [0.15, 0.2) is 0 Å². The fourth-order valence-electron chi connectivity index (χ4n) is 1.83. The van der Waals surface area contributed by atoms with Gasteiger partial charge in [-0.25, -0.2) is 0 Å². The molecule has 0 aromatic carbocycles. The number of thioether (sulfide) groups is 1. The van der Waals surface area contributed by atoms with E-state index in [0.29, 0.717) is 0 Å². The van der Waals surface area contributed by atoms with E-state index < -0.39 is 0 Å². The second kappa shape index (κ2) is 4.84. The van der Waals surface area contributed by atoms with Gasteiger partial charge in [-0.3, -0.25) is 4.90 Å². The van der Waals surface area contributed by atoms with Crippen LogP contribution in [-0.4, -0.2) is 61.3 Å². The molecule has 0 radical (unpaired) electrons. The summed E-state index contributed by atoms with van der Waals surface area (Å²) in [4.78, 5) is 2.51. The Morgan fingerprint density at radius 1 is 1.36 bits per heavy atom. The lowest BCUT2D eigenvalue weighted by molar-refractivity contribution is -0.0716. The maximum Gasteiger partial charge on any atom is 0.0902 e. The smallest absolute Gasteiger partial charge is 0.0902 e. The zero-order valence-corrected chi connectivity index (χ0v) is 9.74. The molecule has 0 spiro atoms. The molecule has 2 heterocycles. The van der Waals surface area contributed by atoms with E-state index in [9.17, 15) is 0 Å². The van der Waals surface area contributed by atoms with Crippen LogP contribution in [0.2, 0.25) is 0 Å². The first-order valence-electron chi connectivity index (χ1n) is 5.43. The van der Waals surface area contributed by atoms with Gasteiger partial charge in [-0.15, -0.1) is 0 Å². The van der Waals surface area contributed by atoms with E-state index in [-0.39, 0.29) is 5.60 Å². The van der Waals surface area contributed by atoms with Gasteiger partial charge in [0.15, 0.2) is 0 Å². The average molecular weight is 216 g/mol. The summed E-state index contributed by atoms with van der Waals surface area (Å²) in [5.74, 6) is 2.58. The summed E-state index contributed by atoms with van der Waals surface area (Å²) >= 11 is 2.06. The van der Waals surface area contributed by atoms with Crippen LogP contribution in [0.1, 0.15) is 6.92 Å². The molecule has 2 rings (SSSR count). The van der Waals surface area contributed by atoms with Crippen LogP contribution in [0.3, 0.4) is 0 Å². The fraction of sp³-hybridized carbons (Fsp3) is 1.00. The normalized spacial score (nSPS) is 27.2. The highest BCUT2D eigenvalue weighted by atomic mass is 32.2. The molecule has 1 N–H and O–H groups in total. The quantitative estimate of drug-likeness (QED) is 0.736. The molecule has 0 bridgehead atoms. The highest BCUT2D eigenvalue weighted by molar-refractivity contribution is 7.99. The van der Waals surface area contributed by atoms with Crippen LogP contribution in [-0.2, 0) is 4.74 Å². The Balaban J connectivity index is 1.57. The summed E-state index contributed by atoms with van der Waals surface area (Å²) < 4.78 is 5.86. The van der Waals surface area contributed by atoms with Crippen LogP contribution in [0.25, 0.3) is 0 Å². The lowest BCUT2D eigenvalue weighted by Crippen LogP contribution is -2.59. The molecule has 2 fully saturated rings. The van der Waals surface area contributed by atoms with Crippen LogP contribution in [0.4, 0.5) is 0 Å². The van der Waals surface area contributed by atoms with Crippen molar-refractivity contribution in [3.05, 3.63) is 0 Å². The lowest BCUT2D eigenvalue weighted by atomic mass is 10.0. The molecule has 0 aliphatic carbocycles. The molecule has 4 heteroatoms. The molecular formula is C10H20N2OS. The van der Waals surface area contributed by atoms with Crippen molar-refractivity contribution < 1.29 is 4.74 Å². The van der Waals surface area contributed by atoms with Gasteiger partial charge in [0, 0.05) is 44.2 Å². The van der Waals surface area contributed by atoms with Crippen LogP contribution >= 0.6 is 11.8 Å². The minimum absolute atomic E-state index is 0.130. The van der Waals surface area contributed by atoms with Crippen molar-refractivity contribution in [2.75, 3.05) is 50.8 Å². The average Bonchev–Trinajstić information content (AvgIpc) is 2.17. The van der Waals surface area contributed by atoms with Gasteiger partial charge < -0.3 is 10.1 Å². The summed E-state index contributed by atoms with van der Waals surface area (Å²) in [6, 6.07) is 0. The summed E-state index contributed by atoms with van der Waals surface area (Å²) in [6.07, 6.45) is 0. The molecule has 0 unspecified atom stereocenters. The Kier molecular flexibility index (Phi) is 3.71. The largest absolute Gasteiger partial charge is 0.371 e. The van der Waals surface area contributed by atoms with Crippen LogP contribution in [0.5, 0.6) is 0 Å². The third kappa shape index (κ3) is 2.86. The Morgan fingerprint density at radius 2 is 2.07 bits per heavy atom. The van der Waals surface area contributed by atoms with Crippen molar-refractivity contribution in [1.82, 2.24) is 10.2 Å². The summed E-state index contributed by atoms with van der Waals surface area (Å²) in [5.41, 5.74) is 0.130. The van der Waals surface area contributed by atoms with E-state index in [1.807, 2.05) is 0 Å². The van der Waals surface area contributed by atoms with E-state index in [2.05, 4.69) is 28.9 Å². The molecular weight excluding hydrogens is 196 g/mol. The number of hydrogen-bond donors (Lipinski definition) is 1. The van der Waals surface area contributed by atoms with E-state index >= 15 is 0 Å². The van der Waals surface area contributed by atoms with Crippen LogP contribution in [0, 0.1) is 0 Å². The zero-order chi connectivity index (χ0) is 9.86. The maximum atomic E-state index is 5.86. The molecule has 14 heavy (non-hydrogen) atoms. The van der Waals surface area contributed by atoms with Crippen molar-refractivity contribution in [3.8, 4) is 0 Å². The minimum atomic E-state index is 0.130. The topological polar surface area (TPSA) is 24.5 Å². The predicted molar refractivity (Wildman–Crippen MR) is 61.0 cm³/mol. The molecule has 2 saturated heterocycles. The molecule has 0 aromatic heterocycles. The first-order chi connectivity index (χ1) is 6.79. The van der Waals surface area contributed by atoms with Crippen molar-refractivity contribution in [3.63, 3.8) is 0 Å².